The summed E-state index contributed by atoms with van der Waals surface area (Å²) in [5.74, 6) is 0.314. The van der Waals surface area contributed by atoms with Gasteiger partial charge in [0.2, 0.25) is 5.91 Å². The molecule has 1 aromatic rings. The normalized spacial score (nSPS) is 21.8. The number of hydrogen-bond donors (Lipinski definition) is 1. The third kappa shape index (κ3) is 6.00. The van der Waals surface area contributed by atoms with Gasteiger partial charge in [0.1, 0.15) is 4.60 Å². The Labute approximate surface area is 157 Å². The maximum absolute atomic E-state index is 12.1. The molecule has 0 radical (unpaired) electrons. The van der Waals surface area contributed by atoms with E-state index in [1.165, 1.54) is 0 Å². The Kier molecular flexibility index (Phi) is 6.22. The van der Waals surface area contributed by atoms with E-state index < -0.39 is 15.5 Å². The molecule has 0 bridgehead atoms. The van der Waals surface area contributed by atoms with Crippen molar-refractivity contribution in [3.8, 4) is 0 Å². The van der Waals surface area contributed by atoms with Crippen molar-refractivity contribution in [1.29, 1.82) is 0 Å². The predicted molar refractivity (Wildman–Crippen MR) is 98.7 cm³/mol. The van der Waals surface area contributed by atoms with Gasteiger partial charge >= 0.3 is 0 Å². The van der Waals surface area contributed by atoms with Crippen LogP contribution in [0, 0.1) is 5.41 Å². The molecule has 1 heterocycles. The Balaban J connectivity index is 2.10. The number of halogens is 1. The molecule has 0 saturated heterocycles. The van der Waals surface area contributed by atoms with Crippen LogP contribution in [0.1, 0.15) is 58.1 Å². The van der Waals surface area contributed by atoms with Crippen LogP contribution in [0.4, 0.5) is 5.82 Å². The first-order valence-electron chi connectivity index (χ1n) is 8.18. The van der Waals surface area contributed by atoms with E-state index >= 15 is 0 Å². The molecule has 1 aliphatic rings. The average Bonchev–Trinajstić information content (AvgIpc) is 2.46. The summed E-state index contributed by atoms with van der Waals surface area (Å²) in [5, 5.41) is 2.76. The highest BCUT2D eigenvalue weighted by molar-refractivity contribution is 9.10. The fraction of sp³-hybridized carbons (Fsp3) is 0.688. The summed E-state index contributed by atoms with van der Waals surface area (Å²) in [7, 11) is -3.46. The minimum absolute atomic E-state index is 0.0802. The number of aromatic nitrogens is 2. The topological polar surface area (TPSA) is 98.2 Å². The van der Waals surface area contributed by atoms with Crippen LogP contribution in [0.3, 0.4) is 0 Å². The summed E-state index contributed by atoms with van der Waals surface area (Å²) in [6, 6.07) is 0. The van der Waals surface area contributed by atoms with Gasteiger partial charge in [-0.25, -0.2) is 9.97 Å². The van der Waals surface area contributed by atoms with Crippen LogP contribution in [0.25, 0.3) is 0 Å². The first-order chi connectivity index (χ1) is 11.5. The lowest BCUT2D eigenvalue weighted by atomic mass is 9.85. The molecular formula is C16H24BrN3O4S. The molecule has 1 amide bonds. The van der Waals surface area contributed by atoms with Gasteiger partial charge in [-0.05, 0) is 35.2 Å². The van der Waals surface area contributed by atoms with E-state index in [1.807, 2.05) is 20.8 Å². The molecule has 25 heavy (non-hydrogen) atoms. The number of rotatable bonds is 4. The fourth-order valence-electron chi connectivity index (χ4n) is 2.70. The molecule has 2 unspecified atom stereocenters. The predicted octanol–water partition coefficient (Wildman–Crippen LogP) is 3.23. The number of carbonyl (C=O) groups excluding carboxylic acids is 1. The highest BCUT2D eigenvalue weighted by atomic mass is 79.9. The van der Waals surface area contributed by atoms with E-state index in [4.69, 9.17) is 4.18 Å². The third-order valence-corrected chi connectivity index (χ3v) is 5.19. The zero-order valence-corrected chi connectivity index (χ0v) is 17.3. The van der Waals surface area contributed by atoms with Gasteiger partial charge in [0.05, 0.1) is 24.3 Å². The van der Waals surface area contributed by atoms with Crippen LogP contribution in [0.15, 0.2) is 10.8 Å². The van der Waals surface area contributed by atoms with Crippen molar-refractivity contribution in [3.63, 3.8) is 0 Å². The number of carbonyl (C=O) groups is 1. The second kappa shape index (κ2) is 7.67. The molecule has 1 aliphatic carbocycles. The largest absolute Gasteiger partial charge is 0.308 e. The summed E-state index contributed by atoms with van der Waals surface area (Å²) < 4.78 is 28.3. The minimum Gasteiger partial charge on any atom is -0.308 e. The molecule has 2 atom stereocenters. The molecule has 1 N–H and O–H groups in total. The van der Waals surface area contributed by atoms with Crippen LogP contribution >= 0.6 is 15.9 Å². The monoisotopic (exact) mass is 433 g/mol. The minimum atomic E-state index is -3.46. The van der Waals surface area contributed by atoms with Crippen molar-refractivity contribution in [3.05, 3.63) is 16.5 Å². The molecule has 0 aromatic carbocycles. The van der Waals surface area contributed by atoms with Crippen LogP contribution in [0.5, 0.6) is 0 Å². The lowest BCUT2D eigenvalue weighted by Crippen LogP contribution is -2.28. The molecule has 1 aromatic heterocycles. The van der Waals surface area contributed by atoms with Gasteiger partial charge < -0.3 is 5.32 Å². The molecule has 0 aliphatic heterocycles. The molecule has 2 rings (SSSR count). The molecule has 7 nitrogen and oxygen atoms in total. The van der Waals surface area contributed by atoms with Gasteiger partial charge in [0.15, 0.2) is 5.82 Å². The van der Waals surface area contributed by atoms with Crippen LogP contribution < -0.4 is 5.32 Å². The van der Waals surface area contributed by atoms with Gasteiger partial charge in [-0.2, -0.15) is 8.42 Å². The van der Waals surface area contributed by atoms with Crippen LogP contribution in [-0.2, 0) is 19.1 Å². The number of nitrogens with one attached hydrogen (secondary N) is 1. The number of amides is 1. The molecule has 9 heteroatoms. The maximum Gasteiger partial charge on any atom is 0.264 e. The van der Waals surface area contributed by atoms with Crippen molar-refractivity contribution < 1.29 is 17.4 Å². The molecule has 1 fully saturated rings. The van der Waals surface area contributed by atoms with E-state index in [1.54, 1.807) is 6.20 Å². The Morgan fingerprint density at radius 3 is 2.60 bits per heavy atom. The zero-order chi connectivity index (χ0) is 18.8. The Morgan fingerprint density at radius 2 is 2.04 bits per heavy atom. The fourth-order valence-corrected chi connectivity index (χ4v) is 3.78. The van der Waals surface area contributed by atoms with Crippen molar-refractivity contribution >= 4 is 37.8 Å². The summed E-state index contributed by atoms with van der Waals surface area (Å²) in [6.45, 7) is 5.46. The number of anilines is 1. The quantitative estimate of drug-likeness (QED) is 0.731. The standard InChI is InChI=1S/C16H24BrN3O4S/c1-16(2,3)15(21)20-14-13(17)19-12(9-18-14)10-6-5-7-11(8-10)24-25(4,22)23/h9-11H,5-8H2,1-4H3,(H,18,20,21). The summed E-state index contributed by atoms with van der Waals surface area (Å²) >= 11 is 3.36. The highest BCUT2D eigenvalue weighted by Gasteiger charge is 2.28. The van der Waals surface area contributed by atoms with Crippen molar-refractivity contribution in [2.75, 3.05) is 11.6 Å². The second-order valence-corrected chi connectivity index (χ2v) is 9.78. The Morgan fingerprint density at radius 1 is 1.36 bits per heavy atom. The zero-order valence-electron chi connectivity index (χ0n) is 14.9. The Hall–Kier alpha value is -1.06. The average molecular weight is 434 g/mol. The van der Waals surface area contributed by atoms with E-state index in [-0.39, 0.29) is 17.9 Å². The van der Waals surface area contributed by atoms with E-state index in [0.29, 0.717) is 16.8 Å². The van der Waals surface area contributed by atoms with E-state index in [9.17, 15) is 13.2 Å². The van der Waals surface area contributed by atoms with E-state index in [0.717, 1.165) is 31.2 Å². The van der Waals surface area contributed by atoms with Gasteiger partial charge in [0, 0.05) is 11.3 Å². The third-order valence-electron chi connectivity index (χ3n) is 4.02. The lowest BCUT2D eigenvalue weighted by Gasteiger charge is -2.28. The van der Waals surface area contributed by atoms with Gasteiger partial charge in [0.25, 0.3) is 10.1 Å². The van der Waals surface area contributed by atoms with E-state index in [2.05, 4.69) is 31.2 Å². The van der Waals surface area contributed by atoms with Crippen LogP contribution in [-0.4, -0.2) is 36.7 Å². The molecule has 140 valence electrons. The molecule has 0 spiro atoms. The summed E-state index contributed by atoms with van der Waals surface area (Å²) in [4.78, 5) is 20.9. The summed E-state index contributed by atoms with van der Waals surface area (Å²) in [6.07, 6.45) is 5.45. The maximum atomic E-state index is 12.1. The smallest absolute Gasteiger partial charge is 0.264 e. The first-order valence-corrected chi connectivity index (χ1v) is 10.8. The molecule has 1 saturated carbocycles. The molecular weight excluding hydrogens is 410 g/mol. The number of nitrogens with zero attached hydrogens (tertiary/aromatic N) is 2. The second-order valence-electron chi connectivity index (χ2n) is 7.42. The lowest BCUT2D eigenvalue weighted by molar-refractivity contribution is -0.123. The van der Waals surface area contributed by atoms with Gasteiger partial charge in [-0.3, -0.25) is 8.98 Å². The number of hydrogen-bond acceptors (Lipinski definition) is 6. The van der Waals surface area contributed by atoms with Crippen LogP contribution in [0.2, 0.25) is 0 Å². The Bertz CT molecular complexity index is 746. The van der Waals surface area contributed by atoms with Crippen molar-refractivity contribution in [1.82, 2.24) is 9.97 Å². The van der Waals surface area contributed by atoms with Crippen molar-refractivity contribution in [2.24, 2.45) is 5.41 Å². The van der Waals surface area contributed by atoms with Gasteiger partial charge in [-0.1, -0.05) is 27.2 Å². The van der Waals surface area contributed by atoms with Crippen molar-refractivity contribution in [2.45, 2.75) is 58.5 Å². The summed E-state index contributed by atoms with van der Waals surface area (Å²) in [5.41, 5.74) is 0.238. The van der Waals surface area contributed by atoms with Gasteiger partial charge in [-0.15, -0.1) is 0 Å². The highest BCUT2D eigenvalue weighted by Crippen LogP contribution is 2.35. The SMILES string of the molecule is CC(C)(C)C(=O)Nc1ncc(C2CCCC(OS(C)(=O)=O)C2)nc1Br. The first kappa shape index (κ1) is 20.3.